The molecule has 0 aliphatic heterocycles. The second-order valence-electron chi connectivity index (χ2n) is 4.94. The molecule has 1 atom stereocenters. The number of ether oxygens (including phenoxy) is 1. The monoisotopic (exact) mass is 256 g/mol. The molecule has 0 saturated heterocycles. The number of nitrogens with two attached hydrogens (primary N) is 1. The summed E-state index contributed by atoms with van der Waals surface area (Å²) < 4.78 is 5.05. The molecule has 0 saturated carbocycles. The van der Waals surface area contributed by atoms with E-state index in [1.807, 2.05) is 18.3 Å². The number of benzene rings is 1. The van der Waals surface area contributed by atoms with E-state index in [1.54, 1.807) is 7.11 Å². The summed E-state index contributed by atoms with van der Waals surface area (Å²) in [4.78, 5) is 4.20. The number of hydrogen-bond acceptors (Lipinski definition) is 3. The lowest BCUT2D eigenvalue weighted by Gasteiger charge is -2.14. The van der Waals surface area contributed by atoms with Crippen molar-refractivity contribution in [3.8, 4) is 5.88 Å². The summed E-state index contributed by atoms with van der Waals surface area (Å²) in [6, 6.07) is 10.3. The van der Waals surface area contributed by atoms with Crippen LogP contribution < -0.4 is 10.5 Å². The van der Waals surface area contributed by atoms with Crippen molar-refractivity contribution in [3.05, 3.63) is 58.8 Å². The summed E-state index contributed by atoms with van der Waals surface area (Å²) in [6.45, 7) is 4.19. The van der Waals surface area contributed by atoms with E-state index in [4.69, 9.17) is 10.5 Å². The molecule has 3 nitrogen and oxygen atoms in total. The van der Waals surface area contributed by atoms with Gasteiger partial charge in [-0.05, 0) is 31.4 Å². The molecule has 1 heterocycles. The van der Waals surface area contributed by atoms with Crippen LogP contribution in [0.4, 0.5) is 0 Å². The first-order valence-electron chi connectivity index (χ1n) is 6.41. The first-order valence-corrected chi connectivity index (χ1v) is 6.41. The molecule has 0 aliphatic carbocycles. The van der Waals surface area contributed by atoms with Gasteiger partial charge >= 0.3 is 0 Å². The molecule has 100 valence electrons. The van der Waals surface area contributed by atoms with E-state index < -0.39 is 0 Å². The third kappa shape index (κ3) is 3.55. The van der Waals surface area contributed by atoms with E-state index in [1.165, 1.54) is 16.7 Å². The minimum absolute atomic E-state index is 0.00575. The van der Waals surface area contributed by atoms with Gasteiger partial charge in [-0.25, -0.2) is 4.98 Å². The summed E-state index contributed by atoms with van der Waals surface area (Å²) in [6.07, 6.45) is 2.60. The van der Waals surface area contributed by atoms with Crippen LogP contribution in [0.1, 0.15) is 28.3 Å². The third-order valence-corrected chi connectivity index (χ3v) is 3.13. The zero-order valence-electron chi connectivity index (χ0n) is 11.7. The second-order valence-corrected chi connectivity index (χ2v) is 4.94. The molecule has 0 spiro atoms. The minimum Gasteiger partial charge on any atom is -0.481 e. The average molecular weight is 256 g/mol. The number of nitrogens with zero attached hydrogens (tertiary/aromatic N) is 1. The summed E-state index contributed by atoms with van der Waals surface area (Å²) >= 11 is 0. The van der Waals surface area contributed by atoms with Crippen LogP contribution in [0.2, 0.25) is 0 Å². The molecule has 2 rings (SSSR count). The zero-order chi connectivity index (χ0) is 13.8. The Morgan fingerprint density at radius 2 is 1.84 bits per heavy atom. The first-order chi connectivity index (χ1) is 9.08. The molecule has 0 radical (unpaired) electrons. The Morgan fingerprint density at radius 1 is 1.16 bits per heavy atom. The van der Waals surface area contributed by atoms with E-state index in [2.05, 4.69) is 37.0 Å². The number of aromatic nitrogens is 1. The quantitative estimate of drug-likeness (QED) is 0.915. The molecule has 0 aliphatic rings. The van der Waals surface area contributed by atoms with Gasteiger partial charge in [0.15, 0.2) is 0 Å². The highest BCUT2D eigenvalue weighted by molar-refractivity contribution is 5.31. The van der Waals surface area contributed by atoms with Crippen molar-refractivity contribution in [3.63, 3.8) is 0 Å². The van der Waals surface area contributed by atoms with E-state index in [9.17, 15) is 0 Å². The maximum absolute atomic E-state index is 6.28. The lowest BCUT2D eigenvalue weighted by atomic mass is 9.97. The summed E-state index contributed by atoms with van der Waals surface area (Å²) in [5, 5.41) is 0. The second kappa shape index (κ2) is 5.85. The smallest absolute Gasteiger partial charge is 0.212 e. The molecule has 19 heavy (non-hydrogen) atoms. The minimum atomic E-state index is -0.00575. The molecular weight excluding hydrogens is 236 g/mol. The number of hydrogen-bond donors (Lipinski definition) is 1. The molecule has 3 heteroatoms. The number of aryl methyl sites for hydroxylation is 2. The molecular formula is C16H20N2O. The van der Waals surface area contributed by atoms with Crippen LogP contribution in [0.15, 0.2) is 36.5 Å². The highest BCUT2D eigenvalue weighted by Gasteiger charge is 2.08. The van der Waals surface area contributed by atoms with E-state index >= 15 is 0 Å². The Labute approximate surface area is 114 Å². The van der Waals surface area contributed by atoms with Crippen molar-refractivity contribution in [2.24, 2.45) is 5.73 Å². The maximum atomic E-state index is 6.28. The summed E-state index contributed by atoms with van der Waals surface area (Å²) in [5.41, 5.74) is 11.1. The fourth-order valence-electron chi connectivity index (χ4n) is 2.25. The van der Waals surface area contributed by atoms with Crippen molar-refractivity contribution >= 4 is 0 Å². The van der Waals surface area contributed by atoms with Crippen LogP contribution in [0.5, 0.6) is 5.88 Å². The highest BCUT2D eigenvalue weighted by atomic mass is 16.5. The Kier molecular flexibility index (Phi) is 4.17. The SMILES string of the molecule is COc1ccc(CC(N)c2cc(C)cc(C)c2)cn1. The molecule has 1 aromatic carbocycles. The van der Waals surface area contributed by atoms with Crippen LogP contribution in [0, 0.1) is 13.8 Å². The van der Waals surface area contributed by atoms with Gasteiger partial charge in [-0.3, -0.25) is 0 Å². The van der Waals surface area contributed by atoms with Gasteiger partial charge < -0.3 is 10.5 Å². The molecule has 1 unspecified atom stereocenters. The van der Waals surface area contributed by atoms with E-state index in [-0.39, 0.29) is 6.04 Å². The largest absolute Gasteiger partial charge is 0.481 e. The maximum Gasteiger partial charge on any atom is 0.212 e. The molecule has 0 bridgehead atoms. The van der Waals surface area contributed by atoms with Gasteiger partial charge in [0.1, 0.15) is 0 Å². The molecule has 2 aromatic rings. The fraction of sp³-hybridized carbons (Fsp3) is 0.312. The lowest BCUT2D eigenvalue weighted by Crippen LogP contribution is -2.14. The topological polar surface area (TPSA) is 48.1 Å². The Hall–Kier alpha value is -1.87. The number of methoxy groups -OCH3 is 1. The molecule has 0 amide bonds. The molecule has 1 aromatic heterocycles. The van der Waals surface area contributed by atoms with Crippen molar-refractivity contribution < 1.29 is 4.74 Å². The predicted molar refractivity (Wildman–Crippen MR) is 77.3 cm³/mol. The van der Waals surface area contributed by atoms with Crippen LogP contribution in [-0.4, -0.2) is 12.1 Å². The van der Waals surface area contributed by atoms with Crippen LogP contribution in [0.3, 0.4) is 0 Å². The van der Waals surface area contributed by atoms with Crippen LogP contribution in [-0.2, 0) is 6.42 Å². The third-order valence-electron chi connectivity index (χ3n) is 3.13. The van der Waals surface area contributed by atoms with Gasteiger partial charge in [0.2, 0.25) is 5.88 Å². The van der Waals surface area contributed by atoms with E-state index in [0.717, 1.165) is 12.0 Å². The van der Waals surface area contributed by atoms with Crippen molar-refractivity contribution in [2.45, 2.75) is 26.3 Å². The normalized spacial score (nSPS) is 12.2. The number of rotatable bonds is 4. The zero-order valence-corrected chi connectivity index (χ0v) is 11.7. The van der Waals surface area contributed by atoms with Gasteiger partial charge in [0, 0.05) is 18.3 Å². The van der Waals surface area contributed by atoms with Crippen molar-refractivity contribution in [1.29, 1.82) is 0 Å². The number of pyridine rings is 1. The van der Waals surface area contributed by atoms with Crippen LogP contribution in [0.25, 0.3) is 0 Å². The Bertz CT molecular complexity index is 529. The van der Waals surface area contributed by atoms with Crippen molar-refractivity contribution in [1.82, 2.24) is 4.98 Å². The van der Waals surface area contributed by atoms with Crippen LogP contribution >= 0.6 is 0 Å². The predicted octanol–water partition coefficient (Wildman–Crippen LogP) is 2.95. The lowest BCUT2D eigenvalue weighted by molar-refractivity contribution is 0.397. The van der Waals surface area contributed by atoms with Gasteiger partial charge in [-0.1, -0.05) is 35.4 Å². The van der Waals surface area contributed by atoms with E-state index in [0.29, 0.717) is 5.88 Å². The van der Waals surface area contributed by atoms with Gasteiger partial charge in [0.05, 0.1) is 7.11 Å². The standard InChI is InChI=1S/C16H20N2O/c1-11-6-12(2)8-14(7-11)15(17)9-13-4-5-16(19-3)18-10-13/h4-8,10,15H,9,17H2,1-3H3. The van der Waals surface area contributed by atoms with Gasteiger partial charge in [-0.2, -0.15) is 0 Å². The Morgan fingerprint density at radius 3 is 2.37 bits per heavy atom. The van der Waals surface area contributed by atoms with Gasteiger partial charge in [-0.15, -0.1) is 0 Å². The highest BCUT2D eigenvalue weighted by Crippen LogP contribution is 2.19. The van der Waals surface area contributed by atoms with Gasteiger partial charge in [0.25, 0.3) is 0 Å². The Balaban J connectivity index is 2.13. The molecule has 0 fully saturated rings. The molecule has 2 N–H and O–H groups in total. The van der Waals surface area contributed by atoms with Crippen molar-refractivity contribution in [2.75, 3.05) is 7.11 Å². The summed E-state index contributed by atoms with van der Waals surface area (Å²) in [5.74, 6) is 0.628. The summed E-state index contributed by atoms with van der Waals surface area (Å²) in [7, 11) is 1.61. The average Bonchev–Trinajstić information content (AvgIpc) is 2.38. The fourth-order valence-corrected chi connectivity index (χ4v) is 2.25. The first kappa shape index (κ1) is 13.6.